The number of fused-ring (bicyclic) bond motifs is 7. The lowest BCUT2D eigenvalue weighted by atomic mass is 9.32. The van der Waals surface area contributed by atoms with Gasteiger partial charge in [0.1, 0.15) is 0 Å². The fourth-order valence-electron chi connectivity index (χ4n) is 13.2. The van der Waals surface area contributed by atoms with Crippen molar-refractivity contribution in [3.63, 3.8) is 0 Å². The highest BCUT2D eigenvalue weighted by Gasteiger charge is 2.70. The molecule has 0 saturated heterocycles. The molecule has 0 aromatic heterocycles. The molecule has 2 aromatic rings. The second kappa shape index (κ2) is 11.3. The zero-order chi connectivity index (χ0) is 34.3. The molecule has 0 bridgehead atoms. The number of carbonyl (C=O) groups excluding carboxylic acids is 1. The van der Waals surface area contributed by atoms with Gasteiger partial charge in [0.15, 0.2) is 6.29 Å². The maximum Gasteiger partial charge on any atom is 0.335 e. The summed E-state index contributed by atoms with van der Waals surface area (Å²) in [7, 11) is 0. The third kappa shape index (κ3) is 4.60. The molecule has 0 spiro atoms. The average molecular weight is 643 g/mol. The first-order valence-electron chi connectivity index (χ1n) is 18.5. The van der Waals surface area contributed by atoms with E-state index < -0.39 is 5.97 Å². The van der Waals surface area contributed by atoms with Crippen LogP contribution in [0.4, 0.5) is 0 Å². The van der Waals surface area contributed by atoms with Crippen LogP contribution in [0.1, 0.15) is 131 Å². The Morgan fingerprint density at radius 3 is 2.29 bits per heavy atom. The van der Waals surface area contributed by atoms with Gasteiger partial charge in [0.2, 0.25) is 0 Å². The minimum Gasteiger partial charge on any atom is -0.478 e. The molecule has 3 heteroatoms. The summed E-state index contributed by atoms with van der Waals surface area (Å²) < 4.78 is 0. The molecular formula is C45H54O3. The Kier molecular flexibility index (Phi) is 7.82. The van der Waals surface area contributed by atoms with Crippen molar-refractivity contribution >= 4 is 17.8 Å². The van der Waals surface area contributed by atoms with Gasteiger partial charge in [-0.1, -0.05) is 95.0 Å². The SMILES string of the molecule is C=C(C)[C@@H]1CCC2(C#Cc3ccccc3C=O)CC[C@]3(C)C(CCC4C5(C)CC=C(c6ccc(C(=O)O)cc6)C(C)(C)C5CCC43C)C12. The highest BCUT2D eigenvalue weighted by Crippen LogP contribution is 2.77. The number of rotatable bonds is 4. The second-order valence-electron chi connectivity index (χ2n) is 17.7. The summed E-state index contributed by atoms with van der Waals surface area (Å²) in [6.45, 7) is 19.7. The van der Waals surface area contributed by atoms with Crippen LogP contribution in [-0.2, 0) is 0 Å². The van der Waals surface area contributed by atoms with Crippen molar-refractivity contribution in [1.29, 1.82) is 0 Å². The van der Waals surface area contributed by atoms with Crippen LogP contribution in [0.3, 0.4) is 0 Å². The number of carboxylic acid groups (broad SMARTS) is 1. The molecule has 0 amide bonds. The van der Waals surface area contributed by atoms with Gasteiger partial charge in [-0.15, -0.1) is 0 Å². The van der Waals surface area contributed by atoms with Crippen LogP contribution in [0.15, 0.2) is 66.8 Å². The molecule has 4 saturated carbocycles. The van der Waals surface area contributed by atoms with E-state index in [1.807, 2.05) is 36.4 Å². The number of carboxylic acids is 1. The first-order valence-corrected chi connectivity index (χ1v) is 18.5. The predicted molar refractivity (Wildman–Crippen MR) is 194 cm³/mol. The molecule has 0 aliphatic heterocycles. The average Bonchev–Trinajstić information content (AvgIpc) is 3.44. The Labute approximate surface area is 288 Å². The molecular weight excluding hydrogens is 588 g/mol. The smallest absolute Gasteiger partial charge is 0.335 e. The van der Waals surface area contributed by atoms with Gasteiger partial charge in [-0.2, -0.15) is 0 Å². The van der Waals surface area contributed by atoms with Gasteiger partial charge in [-0.3, -0.25) is 4.79 Å². The van der Waals surface area contributed by atoms with E-state index in [1.54, 1.807) is 12.1 Å². The Bertz CT molecular complexity index is 1750. The van der Waals surface area contributed by atoms with E-state index in [-0.39, 0.29) is 27.1 Å². The van der Waals surface area contributed by atoms with Gasteiger partial charge in [-0.05, 0) is 145 Å². The zero-order valence-electron chi connectivity index (χ0n) is 30.0. The van der Waals surface area contributed by atoms with Crippen LogP contribution in [0.2, 0.25) is 0 Å². The molecule has 0 radical (unpaired) electrons. The minimum absolute atomic E-state index is 0.00242. The maximum absolute atomic E-state index is 11.8. The second-order valence-corrected chi connectivity index (χ2v) is 17.7. The van der Waals surface area contributed by atoms with Crippen molar-refractivity contribution in [2.75, 3.05) is 0 Å². The summed E-state index contributed by atoms with van der Waals surface area (Å²) in [6, 6.07) is 15.4. The van der Waals surface area contributed by atoms with Crippen molar-refractivity contribution in [3.05, 3.63) is 89.0 Å². The van der Waals surface area contributed by atoms with Crippen molar-refractivity contribution in [2.24, 2.45) is 56.7 Å². The molecule has 7 unspecified atom stereocenters. The fourth-order valence-corrected chi connectivity index (χ4v) is 13.2. The van der Waals surface area contributed by atoms with Crippen molar-refractivity contribution < 1.29 is 14.7 Å². The van der Waals surface area contributed by atoms with Gasteiger partial charge in [-0.25, -0.2) is 4.79 Å². The van der Waals surface area contributed by atoms with Crippen molar-refractivity contribution in [1.82, 2.24) is 0 Å². The molecule has 252 valence electrons. The van der Waals surface area contributed by atoms with E-state index in [4.69, 9.17) is 0 Å². The van der Waals surface area contributed by atoms with E-state index in [2.05, 4.69) is 66.0 Å². The van der Waals surface area contributed by atoms with Crippen LogP contribution >= 0.6 is 0 Å². The lowest BCUT2D eigenvalue weighted by Gasteiger charge is -2.72. The first-order chi connectivity index (χ1) is 22.7. The topological polar surface area (TPSA) is 54.4 Å². The molecule has 0 heterocycles. The van der Waals surface area contributed by atoms with Crippen molar-refractivity contribution in [3.8, 4) is 11.8 Å². The summed E-state index contributed by atoms with van der Waals surface area (Å²) in [4.78, 5) is 23.4. The lowest BCUT2D eigenvalue weighted by Crippen LogP contribution is -2.65. The van der Waals surface area contributed by atoms with E-state index >= 15 is 0 Å². The Morgan fingerprint density at radius 1 is 0.875 bits per heavy atom. The number of hydrogen-bond acceptors (Lipinski definition) is 2. The third-order valence-corrected chi connectivity index (χ3v) is 15.6. The molecule has 9 atom stereocenters. The number of benzene rings is 2. The number of carbonyl (C=O) groups is 2. The van der Waals surface area contributed by atoms with E-state index in [9.17, 15) is 14.7 Å². The Balaban J connectivity index is 1.24. The molecule has 3 nitrogen and oxygen atoms in total. The van der Waals surface area contributed by atoms with Crippen LogP contribution in [0.5, 0.6) is 0 Å². The van der Waals surface area contributed by atoms with Crippen molar-refractivity contribution in [2.45, 2.75) is 99.3 Å². The third-order valence-electron chi connectivity index (χ3n) is 15.6. The standard InChI is InChI=1S/C45H54O3/c1-29(2)34-19-25-45(24-18-30-10-8-9-11-33(30)28-46)27-26-43(6)36(39(34)45)16-17-38-42(5)22-20-35(31-12-14-32(15-13-31)40(47)48)41(3,4)37(42)21-23-44(38,43)7/h8-15,20,28,34,36-39H,1,16-17,19,21-23,25-27H2,2-7H3,(H,47,48)/t34-,36?,37?,38?,39?,42?,43+,44?,45?/m0/s1. The highest BCUT2D eigenvalue weighted by atomic mass is 16.4. The number of aromatic carboxylic acids is 1. The summed E-state index contributed by atoms with van der Waals surface area (Å²) >= 11 is 0. The van der Waals surface area contributed by atoms with Gasteiger partial charge in [0.05, 0.1) is 5.56 Å². The lowest BCUT2D eigenvalue weighted by molar-refractivity contribution is -0.220. The molecule has 1 N–H and O–H groups in total. The molecule has 7 rings (SSSR count). The largest absolute Gasteiger partial charge is 0.478 e. The van der Waals surface area contributed by atoms with E-state index in [0.29, 0.717) is 40.7 Å². The summed E-state index contributed by atoms with van der Waals surface area (Å²) in [5.41, 5.74) is 6.46. The normalized spacial score (nSPS) is 39.3. The van der Waals surface area contributed by atoms with Crippen LogP contribution in [0, 0.1) is 68.5 Å². The van der Waals surface area contributed by atoms with Gasteiger partial charge in [0.25, 0.3) is 0 Å². The fraction of sp³-hybridized carbons (Fsp3) is 0.556. The highest BCUT2D eigenvalue weighted by molar-refractivity contribution is 5.88. The Morgan fingerprint density at radius 2 is 1.60 bits per heavy atom. The number of aldehydes is 1. The van der Waals surface area contributed by atoms with Crippen LogP contribution in [-0.4, -0.2) is 17.4 Å². The van der Waals surface area contributed by atoms with E-state index in [1.165, 1.54) is 55.2 Å². The summed E-state index contributed by atoms with van der Waals surface area (Å²) in [5, 5.41) is 9.48. The monoisotopic (exact) mass is 642 g/mol. The molecule has 48 heavy (non-hydrogen) atoms. The zero-order valence-corrected chi connectivity index (χ0v) is 30.0. The Hall–Kier alpha value is -3.38. The minimum atomic E-state index is -0.871. The summed E-state index contributed by atoms with van der Waals surface area (Å²) in [5.74, 6) is 9.45. The van der Waals surface area contributed by atoms with E-state index in [0.717, 1.165) is 31.1 Å². The van der Waals surface area contributed by atoms with Gasteiger partial charge >= 0.3 is 5.97 Å². The predicted octanol–water partition coefficient (Wildman–Crippen LogP) is 10.9. The first kappa shape index (κ1) is 33.1. The number of allylic oxidation sites excluding steroid dienone is 3. The van der Waals surface area contributed by atoms with Gasteiger partial charge in [0, 0.05) is 16.5 Å². The quantitative estimate of drug-likeness (QED) is 0.205. The molecule has 5 aliphatic rings. The van der Waals surface area contributed by atoms with Crippen LogP contribution < -0.4 is 0 Å². The van der Waals surface area contributed by atoms with Crippen LogP contribution in [0.25, 0.3) is 5.57 Å². The maximum atomic E-state index is 11.8. The molecule has 5 aliphatic carbocycles. The molecule has 2 aromatic carbocycles. The van der Waals surface area contributed by atoms with Gasteiger partial charge < -0.3 is 5.11 Å². The number of hydrogen-bond donors (Lipinski definition) is 1. The molecule has 4 fully saturated rings. The summed E-state index contributed by atoms with van der Waals surface area (Å²) in [6.07, 6.45) is 14.2.